The van der Waals surface area contributed by atoms with E-state index in [1.165, 1.54) is 42.5 Å². The molecule has 0 atom stereocenters. The summed E-state index contributed by atoms with van der Waals surface area (Å²) >= 11 is 0. The molecule has 0 aliphatic rings. The van der Waals surface area contributed by atoms with Crippen LogP contribution >= 0.6 is 10.3 Å². The first kappa shape index (κ1) is 29.4. The van der Waals surface area contributed by atoms with Crippen molar-refractivity contribution in [3.8, 4) is 11.5 Å². The van der Waals surface area contributed by atoms with Crippen LogP contribution in [0.2, 0.25) is 0 Å². The number of benzene rings is 4. The second kappa shape index (κ2) is 11.9. The third-order valence-electron chi connectivity index (χ3n) is 5.60. The Morgan fingerprint density at radius 3 is 1.57 bits per heavy atom. The van der Waals surface area contributed by atoms with Crippen LogP contribution in [0.25, 0.3) is 0 Å². The van der Waals surface area contributed by atoms with E-state index in [-0.39, 0.29) is 27.0 Å². The van der Waals surface area contributed by atoms with E-state index in [2.05, 4.69) is 0 Å². The molecule has 0 unspecified atom stereocenters. The van der Waals surface area contributed by atoms with Gasteiger partial charge in [-0.3, -0.25) is 0 Å². The van der Waals surface area contributed by atoms with Gasteiger partial charge in [0.15, 0.2) is 28.2 Å². The lowest BCUT2D eigenvalue weighted by Crippen LogP contribution is -2.19. The Morgan fingerprint density at radius 2 is 1.10 bits per heavy atom. The molecule has 5 nitrogen and oxygen atoms in total. The molecule has 0 saturated heterocycles. The van der Waals surface area contributed by atoms with Gasteiger partial charge in [-0.2, -0.15) is 8.42 Å². The molecule has 4 rings (SSSR count). The van der Waals surface area contributed by atoms with Gasteiger partial charge in [0.25, 0.3) is 0 Å². The molecule has 0 aliphatic carbocycles. The Morgan fingerprint density at radius 1 is 0.625 bits per heavy atom. The van der Waals surface area contributed by atoms with Crippen LogP contribution in [0.15, 0.2) is 98.4 Å². The lowest BCUT2D eigenvalue weighted by atomic mass is 10.3. The number of hydrogen-bond acceptors (Lipinski definition) is 5. The predicted molar refractivity (Wildman–Crippen MR) is 139 cm³/mol. The van der Waals surface area contributed by atoms with Crippen molar-refractivity contribution in [2.45, 2.75) is 33.4 Å². The van der Waals surface area contributed by atoms with Gasteiger partial charge in [-0.15, -0.1) is 0 Å². The zero-order valence-electron chi connectivity index (χ0n) is 21.2. The first-order chi connectivity index (χ1) is 19.1. The summed E-state index contributed by atoms with van der Waals surface area (Å²) in [5.74, 6) is -11.9. The van der Waals surface area contributed by atoms with Crippen molar-refractivity contribution in [1.82, 2.24) is 0 Å². The van der Waals surface area contributed by atoms with Gasteiger partial charge in [0.05, 0.1) is 18.1 Å². The van der Waals surface area contributed by atoms with Crippen molar-refractivity contribution in [2.24, 2.45) is 0 Å². The Hall–Kier alpha value is -3.61. The van der Waals surface area contributed by atoms with Crippen molar-refractivity contribution in [3.63, 3.8) is 0 Å². The van der Waals surface area contributed by atoms with Gasteiger partial charge in [-0.1, -0.05) is 36.4 Å². The summed E-state index contributed by atoms with van der Waals surface area (Å²) in [7, 11) is -9.22. The molecule has 0 heterocycles. The molecule has 4 aromatic rings. The van der Waals surface area contributed by atoms with Crippen molar-refractivity contribution >= 4 is 20.4 Å². The number of halogens is 5. The van der Waals surface area contributed by atoms with Gasteiger partial charge in [0.1, 0.15) is 11.5 Å². The molecule has 0 spiro atoms. The zero-order chi connectivity index (χ0) is 29.1. The van der Waals surface area contributed by atoms with Crippen LogP contribution in [0.4, 0.5) is 22.0 Å². The minimum atomic E-state index is -5.68. The van der Waals surface area contributed by atoms with Crippen LogP contribution in [0.5, 0.6) is 11.5 Å². The molecule has 0 fully saturated rings. The minimum Gasteiger partial charge on any atom is -0.494 e. The third kappa shape index (κ3) is 5.26. The normalized spacial score (nSPS) is 12.3. The summed E-state index contributed by atoms with van der Waals surface area (Å²) in [4.78, 5) is -1.49. The quantitative estimate of drug-likeness (QED) is 0.106. The fraction of sp³-hybridized carbons (Fsp3) is 0.143. The maximum absolute atomic E-state index is 14.8. The molecule has 0 aliphatic heterocycles. The molecular weight excluding hydrogens is 575 g/mol. The molecule has 4 aromatic carbocycles. The van der Waals surface area contributed by atoms with Gasteiger partial charge < -0.3 is 9.47 Å². The molecule has 212 valence electrons. The Bertz CT molecular complexity index is 1550. The Kier molecular flexibility index (Phi) is 8.71. The van der Waals surface area contributed by atoms with Crippen molar-refractivity contribution in [2.75, 3.05) is 13.2 Å². The van der Waals surface area contributed by atoms with E-state index in [9.17, 15) is 30.4 Å². The Balaban J connectivity index is 2.11. The predicted octanol–water partition coefficient (Wildman–Crippen LogP) is 7.78. The average Bonchev–Trinajstić information content (AvgIpc) is 2.95. The van der Waals surface area contributed by atoms with Crippen LogP contribution in [0.3, 0.4) is 0 Å². The maximum atomic E-state index is 14.8. The van der Waals surface area contributed by atoms with Crippen LogP contribution in [0.1, 0.15) is 13.8 Å². The van der Waals surface area contributed by atoms with Gasteiger partial charge >= 0.3 is 10.1 Å². The fourth-order valence-electron chi connectivity index (χ4n) is 3.95. The van der Waals surface area contributed by atoms with Crippen LogP contribution in [-0.4, -0.2) is 21.6 Å². The lowest BCUT2D eigenvalue weighted by Gasteiger charge is -2.40. The summed E-state index contributed by atoms with van der Waals surface area (Å²) in [6, 6.07) is 20.3. The molecule has 0 aromatic heterocycles. The first-order valence-electron chi connectivity index (χ1n) is 11.9. The van der Waals surface area contributed by atoms with Crippen molar-refractivity contribution in [3.05, 3.63) is 108 Å². The van der Waals surface area contributed by atoms with E-state index in [1.54, 1.807) is 50.2 Å². The monoisotopic (exact) mass is 598 g/mol. The smallest absolute Gasteiger partial charge is 0.313 e. The summed E-state index contributed by atoms with van der Waals surface area (Å²) in [6.45, 7) is 3.89. The van der Waals surface area contributed by atoms with E-state index in [0.29, 0.717) is 12.4 Å². The van der Waals surface area contributed by atoms with Crippen LogP contribution < -0.4 is 9.47 Å². The standard InChI is InChI=1S/C28H23F5O5S2/c1-3-36-18-15-16-22(21(17-18)37-4-2)39(19-11-7-5-8-12-19,20-13-9-6-10-14-20)38-40(34,35)28-26(32)24(30)23(29)25(31)27(28)33/h5-17H,3-4H2,1-2H3. The van der Waals surface area contributed by atoms with Gasteiger partial charge in [-0.05, 0) is 60.6 Å². The first-order valence-corrected chi connectivity index (χ1v) is 14.9. The zero-order valence-corrected chi connectivity index (χ0v) is 22.8. The Labute approximate surface area is 229 Å². The molecular formula is C28H23F5O5S2. The van der Waals surface area contributed by atoms with E-state index >= 15 is 0 Å². The minimum absolute atomic E-state index is 0.128. The largest absolute Gasteiger partial charge is 0.494 e. The van der Waals surface area contributed by atoms with E-state index in [0.717, 1.165) is 0 Å². The molecule has 12 heteroatoms. The highest BCUT2D eigenvalue weighted by atomic mass is 32.3. The average molecular weight is 599 g/mol. The summed E-state index contributed by atoms with van der Waals surface area (Å²) in [5.41, 5.74) is 0. The van der Waals surface area contributed by atoms with E-state index in [1.807, 2.05) is 0 Å². The highest BCUT2D eigenvalue weighted by Crippen LogP contribution is 2.72. The second-order valence-corrected chi connectivity index (χ2v) is 12.4. The molecule has 0 N–H and O–H groups in total. The summed E-state index contributed by atoms with van der Waals surface area (Å²) in [5, 5.41) is 0. The van der Waals surface area contributed by atoms with Gasteiger partial charge in [-0.25, -0.2) is 25.6 Å². The second-order valence-electron chi connectivity index (χ2n) is 8.08. The fourth-order valence-corrected chi connectivity index (χ4v) is 9.36. The highest BCUT2D eigenvalue weighted by Gasteiger charge is 2.44. The van der Waals surface area contributed by atoms with Crippen molar-refractivity contribution in [1.29, 1.82) is 0 Å². The molecule has 0 bridgehead atoms. The summed E-state index contributed by atoms with van der Waals surface area (Å²) < 4.78 is 116. The van der Waals surface area contributed by atoms with E-state index < -0.39 is 54.4 Å². The molecule has 0 amide bonds. The highest BCUT2D eigenvalue weighted by molar-refractivity contribution is 8.33. The molecule has 40 heavy (non-hydrogen) atoms. The third-order valence-corrected chi connectivity index (χ3v) is 10.8. The number of rotatable bonds is 10. The number of ether oxygens (including phenoxy) is 2. The number of hydrogen-bond donors (Lipinski definition) is 0. The van der Waals surface area contributed by atoms with E-state index in [4.69, 9.17) is 13.1 Å². The molecule has 0 radical (unpaired) electrons. The maximum Gasteiger partial charge on any atom is 0.313 e. The van der Waals surface area contributed by atoms with Crippen LogP contribution in [0, 0.1) is 29.1 Å². The summed E-state index contributed by atoms with van der Waals surface area (Å²) in [6.07, 6.45) is 0. The van der Waals surface area contributed by atoms with Gasteiger partial charge in [0.2, 0.25) is 5.82 Å². The topological polar surface area (TPSA) is 61.8 Å². The molecule has 0 saturated carbocycles. The van der Waals surface area contributed by atoms with Gasteiger partial charge in [0, 0.05) is 15.9 Å². The SMILES string of the molecule is CCOc1ccc(S(OS(=O)(=O)c2c(F)c(F)c(F)c(F)c2F)(c2ccccc2)c2ccccc2)c(OCC)c1. The van der Waals surface area contributed by atoms with Crippen LogP contribution in [-0.2, 0) is 13.7 Å². The lowest BCUT2D eigenvalue weighted by molar-refractivity contribution is 0.317. The van der Waals surface area contributed by atoms with Crippen molar-refractivity contribution < 1.29 is 43.5 Å².